The highest BCUT2D eigenvalue weighted by Gasteiger charge is 2.27. The monoisotopic (exact) mass is 420 g/mol. The van der Waals surface area contributed by atoms with E-state index in [4.69, 9.17) is 4.98 Å². The topological polar surface area (TPSA) is 16.1 Å². The molecule has 0 fully saturated rings. The number of benzene rings is 2. The van der Waals surface area contributed by atoms with E-state index in [1.165, 1.54) is 36.9 Å². The Balaban J connectivity index is 1.67. The van der Waals surface area contributed by atoms with E-state index >= 15 is 0 Å². The lowest BCUT2D eigenvalue weighted by Crippen LogP contribution is -2.20. The molecule has 2 nitrogen and oxygen atoms in total. The van der Waals surface area contributed by atoms with Gasteiger partial charge in [-0.2, -0.15) is 0 Å². The fourth-order valence-corrected chi connectivity index (χ4v) is 5.87. The molecule has 1 aliphatic carbocycles. The zero-order valence-corrected chi connectivity index (χ0v) is 17.8. The van der Waals surface area contributed by atoms with Crippen LogP contribution in [0, 0.1) is 6.92 Å². The number of hydrogen-bond acceptors (Lipinski definition) is 4. The number of hydrogen-bond donors (Lipinski definition) is 0. The Morgan fingerprint density at radius 1 is 0.900 bits per heavy atom. The maximum Gasteiger partial charge on any atom is 0.0951 e. The molecule has 3 heterocycles. The van der Waals surface area contributed by atoms with E-state index in [-0.39, 0.29) is 0 Å². The van der Waals surface area contributed by atoms with Crippen LogP contribution in [0.1, 0.15) is 5.56 Å². The molecule has 2 aromatic carbocycles. The second kappa shape index (κ2) is 6.91. The average molecular weight is 421 g/mol. The summed E-state index contributed by atoms with van der Waals surface area (Å²) in [4.78, 5) is 10.9. The van der Waals surface area contributed by atoms with Gasteiger partial charge in [-0.25, -0.2) is 0 Å². The van der Waals surface area contributed by atoms with Crippen LogP contribution in [0.4, 0.5) is 11.4 Å². The van der Waals surface area contributed by atoms with E-state index in [1.54, 1.807) is 23.1 Å². The lowest BCUT2D eigenvalue weighted by atomic mass is 10.0. The minimum Gasteiger partial charge on any atom is -0.305 e. The first kappa shape index (κ1) is 17.6. The summed E-state index contributed by atoms with van der Waals surface area (Å²) >= 11 is 3.54. The van der Waals surface area contributed by atoms with Crippen LogP contribution >= 0.6 is 23.1 Å². The van der Waals surface area contributed by atoms with Gasteiger partial charge < -0.3 is 4.90 Å². The predicted molar refractivity (Wildman–Crippen MR) is 127 cm³/mol. The van der Waals surface area contributed by atoms with Crippen molar-refractivity contribution in [1.29, 1.82) is 0 Å². The summed E-state index contributed by atoms with van der Waals surface area (Å²) in [5, 5.41) is 3.34. The molecule has 30 heavy (non-hydrogen) atoms. The lowest BCUT2D eigenvalue weighted by molar-refractivity contribution is 1.15. The van der Waals surface area contributed by atoms with E-state index in [0.717, 1.165) is 16.9 Å². The summed E-state index contributed by atoms with van der Waals surface area (Å²) in [6.45, 7) is 2.17. The Labute approximate surface area is 183 Å². The van der Waals surface area contributed by atoms with Gasteiger partial charge in [0.15, 0.2) is 0 Å². The number of aromatic nitrogens is 1. The number of thioether (sulfide) groups is 1. The van der Waals surface area contributed by atoms with Crippen molar-refractivity contribution >= 4 is 45.4 Å². The highest BCUT2D eigenvalue weighted by molar-refractivity contribution is 8.03. The zero-order chi connectivity index (χ0) is 20.1. The summed E-state index contributed by atoms with van der Waals surface area (Å²) < 4.78 is 0. The van der Waals surface area contributed by atoms with Crippen LogP contribution in [0.15, 0.2) is 105 Å². The molecule has 1 aliphatic heterocycles. The SMILES string of the molecule is Cc1ccc(N2C3=C(C=C=C=C3)Sc3ccccc32)c2nccc(-c3cccs3)c12. The molecule has 0 bridgehead atoms. The molecule has 2 aliphatic rings. The fourth-order valence-electron chi connectivity index (χ4n) is 4.09. The van der Waals surface area contributed by atoms with E-state index in [0.29, 0.717) is 0 Å². The van der Waals surface area contributed by atoms with Crippen molar-refractivity contribution in [3.63, 3.8) is 0 Å². The Morgan fingerprint density at radius 2 is 1.80 bits per heavy atom. The van der Waals surface area contributed by atoms with Gasteiger partial charge in [-0.05, 0) is 48.2 Å². The van der Waals surface area contributed by atoms with E-state index in [1.807, 2.05) is 18.3 Å². The van der Waals surface area contributed by atoms with Crippen molar-refractivity contribution in [2.24, 2.45) is 0 Å². The molecule has 0 saturated heterocycles. The molecule has 4 aromatic rings. The number of pyridine rings is 1. The minimum absolute atomic E-state index is 1.02. The minimum atomic E-state index is 1.02. The number of thiophene rings is 1. The van der Waals surface area contributed by atoms with Crippen molar-refractivity contribution < 1.29 is 0 Å². The predicted octanol–water partition coefficient (Wildman–Crippen LogP) is 7.61. The van der Waals surface area contributed by atoms with Crippen molar-refractivity contribution in [3.8, 4) is 10.4 Å². The number of fused-ring (bicyclic) bond motifs is 2. The molecule has 4 heteroatoms. The van der Waals surface area contributed by atoms with Crippen LogP contribution in [0.5, 0.6) is 0 Å². The quantitative estimate of drug-likeness (QED) is 0.311. The zero-order valence-electron chi connectivity index (χ0n) is 16.2. The van der Waals surface area contributed by atoms with Crippen molar-refractivity contribution in [3.05, 3.63) is 106 Å². The van der Waals surface area contributed by atoms with Crippen LogP contribution < -0.4 is 4.90 Å². The van der Waals surface area contributed by atoms with E-state index in [9.17, 15) is 0 Å². The number of nitrogens with zero attached hydrogens (tertiary/aromatic N) is 2. The summed E-state index contributed by atoms with van der Waals surface area (Å²) in [6.07, 6.45) is 5.97. The molecular weight excluding hydrogens is 404 g/mol. The number of anilines is 2. The summed E-state index contributed by atoms with van der Waals surface area (Å²) in [7, 11) is 0. The standard InChI is InChI=1S/C26H16N2S2/c1-17-12-13-21(26-25(17)18(14-15-27-26)22-11-6-16-29-22)28-19-7-2-4-9-23(19)30-24-10-5-3-8-20(24)28/h2,4,6-16H,1H3. The van der Waals surface area contributed by atoms with Gasteiger partial charge in [0.1, 0.15) is 0 Å². The summed E-state index contributed by atoms with van der Waals surface area (Å²) in [5.41, 5.74) is 13.1. The van der Waals surface area contributed by atoms with Crippen LogP contribution in [0.2, 0.25) is 0 Å². The lowest BCUT2D eigenvalue weighted by Gasteiger charge is -2.33. The first-order chi connectivity index (χ1) is 14.8. The van der Waals surface area contributed by atoms with Crippen LogP contribution in [-0.4, -0.2) is 4.98 Å². The molecule has 0 radical (unpaired) electrons. The van der Waals surface area contributed by atoms with Gasteiger partial charge in [0.05, 0.1) is 22.6 Å². The largest absolute Gasteiger partial charge is 0.305 e. The number of rotatable bonds is 2. The molecule has 0 saturated carbocycles. The summed E-state index contributed by atoms with van der Waals surface area (Å²) in [6, 6.07) is 19.3. The molecule has 6 rings (SSSR count). The second-order valence-electron chi connectivity index (χ2n) is 7.19. The average Bonchev–Trinajstić information content (AvgIpc) is 3.33. The smallest absolute Gasteiger partial charge is 0.0951 e. The molecule has 0 amide bonds. The number of para-hydroxylation sites is 1. The maximum atomic E-state index is 4.87. The highest BCUT2D eigenvalue weighted by atomic mass is 32.2. The third kappa shape index (κ3) is 2.64. The molecule has 2 aromatic heterocycles. The highest BCUT2D eigenvalue weighted by Crippen LogP contribution is 2.49. The van der Waals surface area contributed by atoms with Crippen LogP contribution in [0.3, 0.4) is 0 Å². The number of allylic oxidation sites excluding steroid dienone is 2. The third-order valence-corrected chi connectivity index (χ3v) is 7.44. The van der Waals surface area contributed by atoms with Gasteiger partial charge in [0, 0.05) is 44.0 Å². The molecule has 142 valence electrons. The van der Waals surface area contributed by atoms with E-state index in [2.05, 4.69) is 83.3 Å². The van der Waals surface area contributed by atoms with E-state index < -0.39 is 0 Å². The van der Waals surface area contributed by atoms with Gasteiger partial charge in [-0.1, -0.05) is 47.5 Å². The molecule has 0 spiro atoms. The van der Waals surface area contributed by atoms with Crippen molar-refractivity contribution in [1.82, 2.24) is 4.98 Å². The first-order valence-corrected chi connectivity index (χ1v) is 11.4. The Kier molecular flexibility index (Phi) is 4.05. The maximum absolute atomic E-state index is 4.87. The van der Waals surface area contributed by atoms with Gasteiger partial charge >= 0.3 is 0 Å². The van der Waals surface area contributed by atoms with Gasteiger partial charge in [0.25, 0.3) is 0 Å². The van der Waals surface area contributed by atoms with Crippen molar-refractivity contribution in [2.45, 2.75) is 11.8 Å². The molecule has 0 unspecified atom stereocenters. The van der Waals surface area contributed by atoms with Crippen LogP contribution in [-0.2, 0) is 0 Å². The van der Waals surface area contributed by atoms with Gasteiger partial charge in [-0.3, -0.25) is 4.98 Å². The normalized spacial score (nSPS) is 14.4. The first-order valence-electron chi connectivity index (χ1n) is 9.72. The third-order valence-electron chi connectivity index (χ3n) is 5.42. The molecule has 0 atom stereocenters. The fraction of sp³-hybridized carbons (Fsp3) is 0.0385. The van der Waals surface area contributed by atoms with Crippen LogP contribution in [0.25, 0.3) is 21.3 Å². The Morgan fingerprint density at radius 3 is 2.70 bits per heavy atom. The number of aryl methyl sites for hydroxylation is 1. The molecule has 0 N–H and O–H groups in total. The second-order valence-corrected chi connectivity index (χ2v) is 9.22. The van der Waals surface area contributed by atoms with Gasteiger partial charge in [0.2, 0.25) is 0 Å². The Hall–Kier alpha value is -3.26. The van der Waals surface area contributed by atoms with Crippen molar-refractivity contribution in [2.75, 3.05) is 4.90 Å². The van der Waals surface area contributed by atoms with Gasteiger partial charge in [-0.15, -0.1) is 11.3 Å². The molecular formula is C26H16N2S2. The summed E-state index contributed by atoms with van der Waals surface area (Å²) in [5.74, 6) is 0. The Bertz CT molecular complexity index is 1450.